The van der Waals surface area contributed by atoms with Gasteiger partial charge in [-0.15, -0.1) is 0 Å². The van der Waals surface area contributed by atoms with Crippen molar-refractivity contribution in [2.75, 3.05) is 19.7 Å². The number of benzene rings is 1. The van der Waals surface area contributed by atoms with Gasteiger partial charge in [-0.25, -0.2) is 8.78 Å². The minimum atomic E-state index is -2.85. The molecule has 0 unspecified atom stereocenters. The molecule has 1 aliphatic heterocycles. The molecule has 1 amide bonds. The van der Waals surface area contributed by atoms with Crippen LogP contribution in [0.3, 0.4) is 0 Å². The Morgan fingerprint density at radius 3 is 2.58 bits per heavy atom. The van der Waals surface area contributed by atoms with Crippen LogP contribution in [0.1, 0.15) is 35.7 Å². The minimum Gasteiger partial charge on any atom is -0.481 e. The molecule has 0 radical (unpaired) electrons. The van der Waals surface area contributed by atoms with E-state index in [9.17, 15) is 18.4 Å². The molecule has 0 spiro atoms. The number of ether oxygens (including phenoxy) is 1. The van der Waals surface area contributed by atoms with Gasteiger partial charge in [-0.2, -0.15) is 0 Å². The Kier molecular flexibility index (Phi) is 5.88. The van der Waals surface area contributed by atoms with Crippen molar-refractivity contribution in [2.45, 2.75) is 38.2 Å². The number of rotatable bonds is 6. The maximum Gasteiger partial charge on any atom is 0.307 e. The van der Waals surface area contributed by atoms with Crippen LogP contribution in [0.5, 0.6) is 0 Å². The summed E-state index contributed by atoms with van der Waals surface area (Å²) >= 11 is 0. The number of alkyl halides is 2. The number of aliphatic carboxylic acids is 1. The molecular weight excluding hydrogens is 320 g/mol. The first kappa shape index (κ1) is 18.3. The third kappa shape index (κ3) is 5.56. The van der Waals surface area contributed by atoms with E-state index in [-0.39, 0.29) is 18.4 Å². The summed E-state index contributed by atoms with van der Waals surface area (Å²) in [5.41, 5.74) is 1.00. The van der Waals surface area contributed by atoms with Gasteiger partial charge < -0.3 is 14.7 Å². The predicted molar refractivity (Wildman–Crippen MR) is 83.3 cm³/mol. The number of carbonyl (C=O) groups is 2. The van der Waals surface area contributed by atoms with Crippen LogP contribution in [-0.2, 0) is 16.0 Å². The third-order valence-electron chi connectivity index (χ3n) is 3.83. The molecule has 0 bridgehead atoms. The Labute approximate surface area is 139 Å². The molecule has 0 saturated carbocycles. The summed E-state index contributed by atoms with van der Waals surface area (Å²) in [4.78, 5) is 24.9. The summed E-state index contributed by atoms with van der Waals surface area (Å²) in [7, 11) is 0. The van der Waals surface area contributed by atoms with E-state index in [0.29, 0.717) is 37.1 Å². The van der Waals surface area contributed by atoms with Crippen LogP contribution in [0.25, 0.3) is 0 Å². The van der Waals surface area contributed by atoms with Gasteiger partial charge in [0, 0.05) is 25.6 Å². The van der Waals surface area contributed by atoms with Gasteiger partial charge in [-0.05, 0) is 30.5 Å². The number of hydrogen-bond acceptors (Lipinski definition) is 3. The van der Waals surface area contributed by atoms with Crippen molar-refractivity contribution in [3.8, 4) is 0 Å². The number of amides is 1. The summed E-state index contributed by atoms with van der Waals surface area (Å²) in [6.07, 6.45) is 0.619. The van der Waals surface area contributed by atoms with E-state index in [1.807, 2.05) is 0 Å². The molecule has 0 aliphatic carbocycles. The molecule has 2 rings (SSSR count). The molecule has 1 aromatic rings. The number of nitrogens with zero attached hydrogens (tertiary/aromatic N) is 1. The molecule has 7 heteroatoms. The van der Waals surface area contributed by atoms with E-state index in [1.165, 1.54) is 0 Å². The summed E-state index contributed by atoms with van der Waals surface area (Å²) in [5, 5.41) is 8.82. The highest BCUT2D eigenvalue weighted by molar-refractivity contribution is 5.94. The fraction of sp³-hybridized carbons (Fsp3) is 0.529. The zero-order valence-electron chi connectivity index (χ0n) is 13.5. The number of carbonyl (C=O) groups excluding carboxylic acids is 1. The Morgan fingerprint density at radius 2 is 2.00 bits per heavy atom. The Balaban J connectivity index is 1.90. The van der Waals surface area contributed by atoms with Crippen molar-refractivity contribution in [1.82, 2.24) is 4.90 Å². The lowest BCUT2D eigenvalue weighted by Gasteiger charge is -2.32. The molecule has 1 aliphatic rings. The van der Waals surface area contributed by atoms with Crippen molar-refractivity contribution in [2.24, 2.45) is 0 Å². The lowest BCUT2D eigenvalue weighted by molar-refractivity contribution is -0.136. The van der Waals surface area contributed by atoms with Gasteiger partial charge in [-0.1, -0.05) is 12.1 Å². The summed E-state index contributed by atoms with van der Waals surface area (Å²) in [6.45, 7) is 1.07. The molecule has 24 heavy (non-hydrogen) atoms. The highest BCUT2D eigenvalue weighted by Gasteiger charge is 2.28. The number of halogens is 2. The van der Waals surface area contributed by atoms with Crippen LogP contribution in [0.4, 0.5) is 8.78 Å². The van der Waals surface area contributed by atoms with Crippen molar-refractivity contribution in [1.29, 1.82) is 0 Å². The van der Waals surface area contributed by atoms with Gasteiger partial charge in [0.25, 0.3) is 11.8 Å². The lowest BCUT2D eigenvalue weighted by atomic mass is 10.0. The Bertz CT molecular complexity index is 592. The fourth-order valence-corrected chi connectivity index (χ4v) is 2.66. The van der Waals surface area contributed by atoms with E-state index in [4.69, 9.17) is 9.84 Å². The maximum atomic E-state index is 12.8. The number of hydrogen-bond donors (Lipinski definition) is 1. The lowest BCUT2D eigenvalue weighted by Crippen LogP contribution is -2.41. The maximum absolute atomic E-state index is 12.8. The molecule has 0 atom stereocenters. The predicted octanol–water partition coefficient (Wildman–Crippen LogP) is 2.59. The molecule has 5 nitrogen and oxygen atoms in total. The first-order valence-electron chi connectivity index (χ1n) is 7.84. The van der Waals surface area contributed by atoms with Gasteiger partial charge in [0.15, 0.2) is 0 Å². The van der Waals surface area contributed by atoms with Crippen molar-refractivity contribution in [3.63, 3.8) is 0 Å². The highest BCUT2D eigenvalue weighted by atomic mass is 19.3. The molecule has 1 saturated heterocycles. The first-order valence-corrected chi connectivity index (χ1v) is 7.84. The second-order valence-corrected chi connectivity index (χ2v) is 6.14. The van der Waals surface area contributed by atoms with Gasteiger partial charge >= 0.3 is 5.97 Å². The average Bonchev–Trinajstić information content (AvgIpc) is 2.52. The van der Waals surface area contributed by atoms with Crippen LogP contribution in [0.15, 0.2) is 24.3 Å². The van der Waals surface area contributed by atoms with E-state index in [2.05, 4.69) is 0 Å². The smallest absolute Gasteiger partial charge is 0.307 e. The zero-order valence-corrected chi connectivity index (χ0v) is 13.5. The summed E-state index contributed by atoms with van der Waals surface area (Å²) < 4.78 is 30.8. The second kappa shape index (κ2) is 7.70. The molecule has 1 N–H and O–H groups in total. The van der Waals surface area contributed by atoms with Gasteiger partial charge in [0.2, 0.25) is 0 Å². The van der Waals surface area contributed by atoms with Crippen LogP contribution >= 0.6 is 0 Å². The van der Waals surface area contributed by atoms with Crippen LogP contribution in [0.2, 0.25) is 0 Å². The molecule has 1 heterocycles. The first-order chi connectivity index (χ1) is 11.2. The Morgan fingerprint density at radius 1 is 1.33 bits per heavy atom. The Hall–Kier alpha value is -2.02. The number of likely N-dealkylation sites (tertiary alicyclic amines) is 1. The van der Waals surface area contributed by atoms with Crippen molar-refractivity contribution in [3.05, 3.63) is 35.4 Å². The van der Waals surface area contributed by atoms with Crippen LogP contribution in [-0.4, -0.2) is 53.6 Å². The van der Waals surface area contributed by atoms with Gasteiger partial charge in [0.05, 0.1) is 12.5 Å². The van der Waals surface area contributed by atoms with E-state index < -0.39 is 18.5 Å². The van der Waals surface area contributed by atoms with Gasteiger partial charge in [-0.3, -0.25) is 9.59 Å². The molecule has 1 aromatic carbocycles. The largest absolute Gasteiger partial charge is 0.481 e. The molecular formula is C17H21F2NO4. The van der Waals surface area contributed by atoms with Crippen LogP contribution < -0.4 is 0 Å². The van der Waals surface area contributed by atoms with E-state index in [1.54, 1.807) is 29.2 Å². The van der Waals surface area contributed by atoms with E-state index in [0.717, 1.165) is 6.92 Å². The molecule has 1 fully saturated rings. The number of carboxylic acid groups (broad SMARTS) is 1. The molecule has 132 valence electrons. The van der Waals surface area contributed by atoms with Crippen LogP contribution in [0, 0.1) is 0 Å². The summed E-state index contributed by atoms with van der Waals surface area (Å²) in [6, 6.07) is 6.55. The highest BCUT2D eigenvalue weighted by Crippen LogP contribution is 2.20. The van der Waals surface area contributed by atoms with Crippen molar-refractivity contribution >= 4 is 11.9 Å². The fourth-order valence-electron chi connectivity index (χ4n) is 2.66. The SMILES string of the molecule is CC(F)(F)COC1CCN(C(=O)c2cccc(CC(=O)O)c2)CC1. The monoisotopic (exact) mass is 341 g/mol. The zero-order chi connectivity index (χ0) is 17.7. The minimum absolute atomic E-state index is 0.137. The van der Waals surface area contributed by atoms with Crippen molar-refractivity contribution < 1.29 is 28.2 Å². The quantitative estimate of drug-likeness (QED) is 0.864. The summed E-state index contributed by atoms with van der Waals surface area (Å²) in [5.74, 6) is -3.98. The normalized spacial score (nSPS) is 16.2. The molecule has 0 aromatic heterocycles. The average molecular weight is 341 g/mol. The second-order valence-electron chi connectivity index (χ2n) is 6.14. The van der Waals surface area contributed by atoms with Gasteiger partial charge in [0.1, 0.15) is 6.61 Å². The number of carboxylic acids is 1. The standard InChI is InChI=1S/C17H21F2NO4/c1-17(18,19)11-24-14-5-7-20(8-6-14)16(23)13-4-2-3-12(9-13)10-15(21)22/h2-4,9,14H,5-8,10-11H2,1H3,(H,21,22). The van der Waals surface area contributed by atoms with E-state index >= 15 is 0 Å². The topological polar surface area (TPSA) is 66.8 Å². The third-order valence-corrected chi connectivity index (χ3v) is 3.83. The number of piperidine rings is 1.